The number of carbonyl (C=O) groups excluding carboxylic acids is 1. The van der Waals surface area contributed by atoms with Crippen LogP contribution in [0.1, 0.15) is 41.9 Å². The molecule has 1 unspecified atom stereocenters. The third-order valence-electron chi connectivity index (χ3n) is 6.83. The average Bonchev–Trinajstić information content (AvgIpc) is 3.47. The molecule has 0 bridgehead atoms. The number of hydrogen-bond donors (Lipinski definition) is 2. The fraction of sp³-hybridized carbons (Fsp3) is 0.286. The fourth-order valence-corrected chi connectivity index (χ4v) is 4.91. The van der Waals surface area contributed by atoms with Crippen LogP contribution in [-0.4, -0.2) is 44.5 Å². The van der Waals surface area contributed by atoms with Crippen LogP contribution in [0.4, 0.5) is 23.9 Å². The lowest BCUT2D eigenvalue weighted by Gasteiger charge is -2.44. The molecule has 202 valence electrons. The monoisotopic (exact) mass is 536 g/mol. The summed E-state index contributed by atoms with van der Waals surface area (Å²) in [7, 11) is 1.69. The molecule has 39 heavy (non-hydrogen) atoms. The lowest BCUT2D eigenvalue weighted by Crippen LogP contribution is -2.54. The van der Waals surface area contributed by atoms with E-state index in [1.165, 1.54) is 12.3 Å². The average molecular weight is 537 g/mol. The van der Waals surface area contributed by atoms with Crippen molar-refractivity contribution in [3.05, 3.63) is 95.7 Å². The number of piperidine rings is 1. The number of anilines is 1. The zero-order valence-electron chi connectivity index (χ0n) is 21.2. The molecule has 0 radical (unpaired) electrons. The Labute approximate surface area is 223 Å². The molecule has 1 aliphatic rings. The van der Waals surface area contributed by atoms with Crippen molar-refractivity contribution in [3.8, 4) is 11.3 Å². The van der Waals surface area contributed by atoms with Crippen molar-refractivity contribution in [2.45, 2.75) is 37.6 Å². The first kappa shape index (κ1) is 26.2. The number of H-pyrrole nitrogens is 1. The highest BCUT2D eigenvalue weighted by Crippen LogP contribution is 2.43. The molecule has 4 aromatic rings. The number of hydrogen-bond acceptors (Lipinski definition) is 6. The molecule has 0 saturated carbocycles. The van der Waals surface area contributed by atoms with Gasteiger partial charge in [-0.2, -0.15) is 13.2 Å². The van der Waals surface area contributed by atoms with Crippen molar-refractivity contribution >= 4 is 12.0 Å². The summed E-state index contributed by atoms with van der Waals surface area (Å²) < 4.78 is 45.8. The van der Waals surface area contributed by atoms with Crippen LogP contribution in [0.25, 0.3) is 11.3 Å². The topological polar surface area (TPSA) is 96.0 Å². The number of rotatable bonds is 6. The fourth-order valence-electron chi connectivity index (χ4n) is 4.91. The minimum Gasteiger partial charge on any atom is -0.445 e. The quantitative estimate of drug-likeness (QED) is 0.314. The number of ether oxygens (including phenoxy) is 1. The Hall–Kier alpha value is -4.41. The molecule has 1 saturated heterocycles. The maximum atomic E-state index is 13.6. The second kappa shape index (κ2) is 10.8. The highest BCUT2D eigenvalue weighted by molar-refractivity contribution is 5.70. The first-order chi connectivity index (χ1) is 18.8. The van der Waals surface area contributed by atoms with Crippen molar-refractivity contribution < 1.29 is 22.7 Å². The van der Waals surface area contributed by atoms with Gasteiger partial charge in [0.25, 0.3) is 0 Å². The predicted molar refractivity (Wildman–Crippen MR) is 139 cm³/mol. The minimum absolute atomic E-state index is 0.0887. The molecule has 3 heterocycles. The second-order valence-corrected chi connectivity index (χ2v) is 9.25. The zero-order valence-corrected chi connectivity index (χ0v) is 21.2. The van der Waals surface area contributed by atoms with Gasteiger partial charge in [-0.15, -0.1) is 0 Å². The van der Waals surface area contributed by atoms with Gasteiger partial charge in [-0.25, -0.2) is 19.7 Å². The summed E-state index contributed by atoms with van der Waals surface area (Å²) in [5.74, 6) is 0.742. The van der Waals surface area contributed by atoms with Crippen molar-refractivity contribution in [2.75, 3.05) is 18.9 Å². The van der Waals surface area contributed by atoms with Crippen molar-refractivity contribution in [3.63, 3.8) is 0 Å². The van der Waals surface area contributed by atoms with Crippen molar-refractivity contribution in [1.82, 2.24) is 24.8 Å². The Kier molecular flexibility index (Phi) is 7.23. The Morgan fingerprint density at radius 3 is 2.69 bits per heavy atom. The first-order valence-electron chi connectivity index (χ1n) is 12.5. The summed E-state index contributed by atoms with van der Waals surface area (Å²) in [4.78, 5) is 31.9. The number of carbonyl (C=O) groups is 1. The van der Waals surface area contributed by atoms with Gasteiger partial charge in [0.05, 0.1) is 23.1 Å². The van der Waals surface area contributed by atoms with E-state index in [0.717, 1.165) is 30.5 Å². The highest BCUT2D eigenvalue weighted by atomic mass is 19.4. The lowest BCUT2D eigenvalue weighted by atomic mass is 9.82. The summed E-state index contributed by atoms with van der Waals surface area (Å²) >= 11 is 0. The number of likely N-dealkylation sites (tertiary alicyclic amines) is 1. The van der Waals surface area contributed by atoms with Gasteiger partial charge in [-0.05, 0) is 43.0 Å². The summed E-state index contributed by atoms with van der Waals surface area (Å²) in [6, 6.07) is 16.1. The number of alkyl halides is 3. The second-order valence-electron chi connectivity index (χ2n) is 9.25. The number of benzene rings is 2. The third-order valence-corrected chi connectivity index (χ3v) is 6.83. The van der Waals surface area contributed by atoms with Gasteiger partial charge < -0.3 is 15.0 Å². The Morgan fingerprint density at radius 2 is 1.92 bits per heavy atom. The van der Waals surface area contributed by atoms with E-state index in [2.05, 4.69) is 25.3 Å². The van der Waals surface area contributed by atoms with Crippen LogP contribution >= 0.6 is 0 Å². The van der Waals surface area contributed by atoms with E-state index >= 15 is 0 Å². The summed E-state index contributed by atoms with van der Waals surface area (Å²) in [6.07, 6.45) is 0.0361. The van der Waals surface area contributed by atoms with Gasteiger partial charge in [0.1, 0.15) is 18.0 Å². The van der Waals surface area contributed by atoms with E-state index < -0.39 is 23.4 Å². The molecular formula is C28H27F3N6O2. The Morgan fingerprint density at radius 1 is 1.10 bits per heavy atom. The van der Waals surface area contributed by atoms with Gasteiger partial charge in [0.2, 0.25) is 5.95 Å². The molecule has 2 aromatic carbocycles. The predicted octanol–water partition coefficient (Wildman–Crippen LogP) is 5.99. The van der Waals surface area contributed by atoms with Crippen LogP contribution in [0.2, 0.25) is 0 Å². The molecule has 1 fully saturated rings. The molecule has 8 nitrogen and oxygen atoms in total. The third kappa shape index (κ3) is 5.29. The first-order valence-corrected chi connectivity index (χ1v) is 12.5. The van der Waals surface area contributed by atoms with E-state index in [1.807, 2.05) is 30.3 Å². The number of halogens is 3. The van der Waals surface area contributed by atoms with Crippen LogP contribution in [0.15, 0.2) is 73.1 Å². The molecular weight excluding hydrogens is 509 g/mol. The van der Waals surface area contributed by atoms with Gasteiger partial charge >= 0.3 is 12.3 Å². The van der Waals surface area contributed by atoms with Crippen LogP contribution in [0, 0.1) is 0 Å². The molecule has 2 aromatic heterocycles. The summed E-state index contributed by atoms with van der Waals surface area (Å²) in [5, 5.41) is 2.92. The normalized spacial score (nSPS) is 17.6. The largest absolute Gasteiger partial charge is 0.445 e. The van der Waals surface area contributed by atoms with Gasteiger partial charge in [0, 0.05) is 25.4 Å². The molecule has 11 heteroatoms. The molecule has 0 spiro atoms. The van der Waals surface area contributed by atoms with Gasteiger partial charge in [-0.3, -0.25) is 4.90 Å². The van der Waals surface area contributed by atoms with Crippen LogP contribution in [0.3, 0.4) is 0 Å². The molecule has 1 aliphatic heterocycles. The van der Waals surface area contributed by atoms with Crippen LogP contribution < -0.4 is 5.32 Å². The molecule has 1 atom stereocenters. The Balaban J connectivity index is 1.57. The minimum atomic E-state index is -4.48. The molecule has 5 rings (SSSR count). The standard InChI is InChI=1S/C28H27F3N6O2/c1-32-25-33-14-12-23(36-25)27(13-5-6-15-37(27)26(38)39-18-19-8-3-2-4-9-19)24-34-17-22(35-24)20-10-7-11-21(16-20)28(29,30)31/h2-4,7-12,14,16-17H,5-6,13,15,18H2,1H3,(H,34,35)(H,32,33,36). The number of nitrogens with one attached hydrogen (secondary N) is 2. The zero-order chi connectivity index (χ0) is 27.5. The number of nitrogens with zero attached hydrogens (tertiary/aromatic N) is 4. The van der Waals surface area contributed by atoms with Gasteiger partial charge in [-0.1, -0.05) is 42.5 Å². The summed E-state index contributed by atoms with van der Waals surface area (Å²) in [5.41, 5.74) is 0.165. The maximum absolute atomic E-state index is 13.6. The SMILES string of the molecule is CNc1nccc(C2(c3ncc(-c4cccc(C(F)(F)F)c4)[nH]3)CCCCN2C(=O)OCc2ccccc2)n1. The van der Waals surface area contributed by atoms with Crippen LogP contribution in [-0.2, 0) is 23.1 Å². The number of imidazole rings is 1. The molecule has 0 aliphatic carbocycles. The van der Waals surface area contributed by atoms with Crippen molar-refractivity contribution in [1.29, 1.82) is 0 Å². The number of aromatic amines is 1. The van der Waals surface area contributed by atoms with E-state index in [0.29, 0.717) is 41.7 Å². The number of aromatic nitrogens is 4. The smallest absolute Gasteiger partial charge is 0.416 e. The Bertz CT molecular complexity index is 1440. The van der Waals surface area contributed by atoms with E-state index in [9.17, 15) is 18.0 Å². The lowest BCUT2D eigenvalue weighted by molar-refractivity contribution is -0.137. The van der Waals surface area contributed by atoms with E-state index in [4.69, 9.17) is 4.74 Å². The molecule has 1 amide bonds. The van der Waals surface area contributed by atoms with Gasteiger partial charge in [0.15, 0.2) is 0 Å². The summed E-state index contributed by atoms with van der Waals surface area (Å²) in [6.45, 7) is 0.470. The number of amides is 1. The maximum Gasteiger partial charge on any atom is 0.416 e. The van der Waals surface area contributed by atoms with E-state index in [-0.39, 0.29) is 6.61 Å². The molecule has 2 N–H and O–H groups in total. The van der Waals surface area contributed by atoms with Crippen molar-refractivity contribution in [2.24, 2.45) is 0 Å². The highest BCUT2D eigenvalue weighted by Gasteiger charge is 2.49. The van der Waals surface area contributed by atoms with E-state index in [1.54, 1.807) is 30.3 Å². The van der Waals surface area contributed by atoms with Crippen LogP contribution in [0.5, 0.6) is 0 Å².